The van der Waals surface area contributed by atoms with E-state index in [-0.39, 0.29) is 43.1 Å². The van der Waals surface area contributed by atoms with Crippen LogP contribution in [0.4, 0.5) is 4.39 Å². The summed E-state index contributed by atoms with van der Waals surface area (Å²) in [7, 11) is 0. The Hall–Kier alpha value is -1.66. The molecule has 0 aromatic heterocycles. The van der Waals surface area contributed by atoms with Crippen molar-refractivity contribution in [3.63, 3.8) is 0 Å². The van der Waals surface area contributed by atoms with E-state index in [4.69, 9.17) is 5.73 Å². The van der Waals surface area contributed by atoms with Gasteiger partial charge >= 0.3 is 0 Å². The van der Waals surface area contributed by atoms with Crippen molar-refractivity contribution in [2.24, 2.45) is 11.7 Å². The van der Waals surface area contributed by atoms with Gasteiger partial charge in [0.05, 0.1) is 13.1 Å². The van der Waals surface area contributed by atoms with Crippen LogP contribution in [0.15, 0.2) is 24.3 Å². The number of rotatable bonds is 5. The number of halogens is 2. The fourth-order valence-electron chi connectivity index (χ4n) is 2.74. The first-order valence-corrected chi connectivity index (χ1v) is 7.57. The van der Waals surface area contributed by atoms with Gasteiger partial charge in [-0.05, 0) is 42.9 Å². The van der Waals surface area contributed by atoms with Crippen molar-refractivity contribution in [3.05, 3.63) is 35.6 Å². The third-order valence-corrected chi connectivity index (χ3v) is 4.00. The van der Waals surface area contributed by atoms with E-state index < -0.39 is 0 Å². The third kappa shape index (κ3) is 6.15. The topological polar surface area (TPSA) is 75.4 Å². The molecule has 1 heterocycles. The predicted octanol–water partition coefficient (Wildman–Crippen LogP) is 1.10. The minimum Gasteiger partial charge on any atom is -0.346 e. The summed E-state index contributed by atoms with van der Waals surface area (Å²) in [5.74, 6) is -0.148. The largest absolute Gasteiger partial charge is 0.346 e. The van der Waals surface area contributed by atoms with Crippen LogP contribution in [-0.2, 0) is 16.0 Å². The lowest BCUT2D eigenvalue weighted by Gasteiger charge is -2.32. The Balaban J connectivity index is 0.00000264. The van der Waals surface area contributed by atoms with Crippen molar-refractivity contribution >= 4 is 24.2 Å². The molecule has 0 aliphatic carbocycles. The van der Waals surface area contributed by atoms with Crippen molar-refractivity contribution in [1.29, 1.82) is 0 Å². The second-order valence-electron chi connectivity index (χ2n) is 5.64. The number of piperidine rings is 1. The zero-order valence-electron chi connectivity index (χ0n) is 13.0. The van der Waals surface area contributed by atoms with E-state index in [0.717, 1.165) is 24.8 Å². The maximum absolute atomic E-state index is 13.2. The maximum Gasteiger partial charge on any atom is 0.241 e. The summed E-state index contributed by atoms with van der Waals surface area (Å²) in [6, 6.07) is 6.67. The number of hydrogen-bond donors (Lipinski definition) is 2. The normalized spacial score (nSPS) is 15.0. The van der Waals surface area contributed by atoms with Gasteiger partial charge in [0, 0.05) is 13.1 Å². The lowest BCUT2D eigenvalue weighted by molar-refractivity contribution is -0.133. The van der Waals surface area contributed by atoms with Crippen molar-refractivity contribution < 1.29 is 14.0 Å². The summed E-state index contributed by atoms with van der Waals surface area (Å²) >= 11 is 0. The monoisotopic (exact) mass is 343 g/mol. The predicted molar refractivity (Wildman–Crippen MR) is 88.7 cm³/mol. The van der Waals surface area contributed by atoms with Crippen molar-refractivity contribution in [1.82, 2.24) is 10.2 Å². The van der Waals surface area contributed by atoms with Gasteiger partial charge in [-0.1, -0.05) is 12.1 Å². The molecule has 7 heteroatoms. The van der Waals surface area contributed by atoms with Gasteiger partial charge in [0.1, 0.15) is 5.82 Å². The summed E-state index contributed by atoms with van der Waals surface area (Å²) in [6.45, 7) is 1.25. The number of nitrogens with zero attached hydrogens (tertiary/aromatic N) is 1. The standard InChI is InChI=1S/C16H22FN3O2.ClH/c17-14-3-1-2-13(9-14)8-12-4-6-20(7-5-12)16(22)11-19-15(21)10-18;/h1-3,9,12H,4-8,10-11,18H2,(H,19,21);1H. The molecule has 0 bridgehead atoms. The second kappa shape index (κ2) is 9.47. The Morgan fingerprint density at radius 1 is 1.30 bits per heavy atom. The molecule has 2 rings (SSSR count). The van der Waals surface area contributed by atoms with Gasteiger partial charge in [0.25, 0.3) is 0 Å². The molecule has 0 atom stereocenters. The zero-order valence-corrected chi connectivity index (χ0v) is 13.8. The minimum atomic E-state index is -0.325. The molecule has 1 aromatic carbocycles. The molecule has 1 saturated heterocycles. The third-order valence-electron chi connectivity index (χ3n) is 4.00. The number of likely N-dealkylation sites (tertiary alicyclic amines) is 1. The van der Waals surface area contributed by atoms with Gasteiger partial charge in [0.15, 0.2) is 0 Å². The van der Waals surface area contributed by atoms with Crippen LogP contribution < -0.4 is 11.1 Å². The molecule has 23 heavy (non-hydrogen) atoms. The molecule has 1 aliphatic rings. The van der Waals surface area contributed by atoms with Gasteiger partial charge in [0.2, 0.25) is 11.8 Å². The van der Waals surface area contributed by atoms with E-state index in [1.54, 1.807) is 17.0 Å². The molecule has 1 fully saturated rings. The molecule has 0 saturated carbocycles. The number of carbonyl (C=O) groups excluding carboxylic acids is 2. The van der Waals surface area contributed by atoms with Gasteiger partial charge in [-0.2, -0.15) is 0 Å². The van der Waals surface area contributed by atoms with Crippen LogP contribution in [0.2, 0.25) is 0 Å². The summed E-state index contributed by atoms with van der Waals surface area (Å²) in [5, 5.41) is 2.49. The van der Waals surface area contributed by atoms with Gasteiger partial charge in [-0.15, -0.1) is 12.4 Å². The lowest BCUT2D eigenvalue weighted by Crippen LogP contribution is -2.45. The highest BCUT2D eigenvalue weighted by Crippen LogP contribution is 2.22. The van der Waals surface area contributed by atoms with E-state index >= 15 is 0 Å². The molecule has 0 unspecified atom stereocenters. The Labute approximate surface area is 141 Å². The molecule has 128 valence electrons. The molecule has 1 aliphatic heterocycles. The fraction of sp³-hybridized carbons (Fsp3) is 0.500. The lowest BCUT2D eigenvalue weighted by atomic mass is 9.90. The molecular formula is C16H23ClFN3O2. The Bertz CT molecular complexity index is 534. The number of carbonyl (C=O) groups is 2. The minimum absolute atomic E-state index is 0. The summed E-state index contributed by atoms with van der Waals surface area (Å²) < 4.78 is 13.2. The first-order chi connectivity index (χ1) is 10.6. The number of hydrogen-bond acceptors (Lipinski definition) is 3. The smallest absolute Gasteiger partial charge is 0.241 e. The Morgan fingerprint density at radius 2 is 2.00 bits per heavy atom. The summed E-state index contributed by atoms with van der Waals surface area (Å²) in [6.07, 6.45) is 2.63. The molecule has 0 spiro atoms. The van der Waals surface area contributed by atoms with E-state index in [9.17, 15) is 14.0 Å². The molecular weight excluding hydrogens is 321 g/mol. The molecule has 1 aromatic rings. The van der Waals surface area contributed by atoms with Gasteiger partial charge in [-0.3, -0.25) is 9.59 Å². The van der Waals surface area contributed by atoms with Gasteiger partial charge < -0.3 is 16.0 Å². The van der Waals surface area contributed by atoms with E-state index in [1.807, 2.05) is 6.07 Å². The molecule has 0 radical (unpaired) electrons. The summed E-state index contributed by atoms with van der Waals surface area (Å²) in [5.41, 5.74) is 6.18. The number of amides is 2. The number of nitrogens with two attached hydrogens (primary N) is 1. The van der Waals surface area contributed by atoms with Crippen LogP contribution in [0.5, 0.6) is 0 Å². The first-order valence-electron chi connectivity index (χ1n) is 7.57. The Kier molecular flexibility index (Phi) is 7.98. The average Bonchev–Trinajstić information content (AvgIpc) is 2.53. The highest BCUT2D eigenvalue weighted by Gasteiger charge is 2.23. The first kappa shape index (κ1) is 19.4. The Morgan fingerprint density at radius 3 is 2.61 bits per heavy atom. The SMILES string of the molecule is Cl.NCC(=O)NCC(=O)N1CCC(Cc2cccc(F)c2)CC1. The highest BCUT2D eigenvalue weighted by atomic mass is 35.5. The number of benzene rings is 1. The van der Waals surface area contributed by atoms with Crippen LogP contribution in [0.1, 0.15) is 18.4 Å². The van der Waals surface area contributed by atoms with Crippen LogP contribution in [0.3, 0.4) is 0 Å². The van der Waals surface area contributed by atoms with Crippen molar-refractivity contribution in [2.75, 3.05) is 26.2 Å². The van der Waals surface area contributed by atoms with E-state index in [1.165, 1.54) is 6.07 Å². The summed E-state index contributed by atoms with van der Waals surface area (Å²) in [4.78, 5) is 24.8. The zero-order chi connectivity index (χ0) is 15.9. The maximum atomic E-state index is 13.2. The molecule has 2 amide bonds. The number of nitrogens with one attached hydrogen (secondary N) is 1. The highest BCUT2D eigenvalue weighted by molar-refractivity contribution is 5.85. The molecule has 3 N–H and O–H groups in total. The van der Waals surface area contributed by atoms with E-state index in [2.05, 4.69) is 5.32 Å². The quantitative estimate of drug-likeness (QED) is 0.840. The van der Waals surface area contributed by atoms with Crippen molar-refractivity contribution in [2.45, 2.75) is 19.3 Å². The van der Waals surface area contributed by atoms with Crippen LogP contribution >= 0.6 is 12.4 Å². The fourth-order valence-corrected chi connectivity index (χ4v) is 2.74. The van der Waals surface area contributed by atoms with Crippen LogP contribution in [-0.4, -0.2) is 42.9 Å². The van der Waals surface area contributed by atoms with Crippen LogP contribution in [0.25, 0.3) is 0 Å². The van der Waals surface area contributed by atoms with Crippen LogP contribution in [0, 0.1) is 11.7 Å². The second-order valence-corrected chi connectivity index (χ2v) is 5.64. The molecule has 5 nitrogen and oxygen atoms in total. The van der Waals surface area contributed by atoms with E-state index in [0.29, 0.717) is 19.0 Å². The van der Waals surface area contributed by atoms with Gasteiger partial charge in [-0.25, -0.2) is 4.39 Å². The van der Waals surface area contributed by atoms with Crippen molar-refractivity contribution in [3.8, 4) is 0 Å². The average molecular weight is 344 g/mol.